The number of carbonyl (C=O) groups is 1. The lowest BCUT2D eigenvalue weighted by molar-refractivity contribution is -0.140. The number of carbonyl (C=O) groups excluding carboxylic acids is 1. The van der Waals surface area contributed by atoms with Crippen LogP contribution < -0.4 is 0 Å². The number of fused-ring (bicyclic) bond motifs is 3. The van der Waals surface area contributed by atoms with Crippen molar-refractivity contribution < 1.29 is 9.53 Å². The number of halogens is 2. The number of methoxy groups -OCH3 is 1. The summed E-state index contributed by atoms with van der Waals surface area (Å²) in [6.45, 7) is 1.96. The Morgan fingerprint density at radius 1 is 1.21 bits per heavy atom. The zero-order valence-corrected chi connectivity index (χ0v) is 17.4. The van der Waals surface area contributed by atoms with Crippen LogP contribution >= 0.6 is 23.2 Å². The predicted molar refractivity (Wildman–Crippen MR) is 112 cm³/mol. The van der Waals surface area contributed by atoms with E-state index in [4.69, 9.17) is 32.9 Å². The van der Waals surface area contributed by atoms with Crippen LogP contribution in [0.15, 0.2) is 47.7 Å². The lowest BCUT2D eigenvalue weighted by Gasteiger charge is -2.15. The van der Waals surface area contributed by atoms with E-state index in [0.29, 0.717) is 27.9 Å². The zero-order chi connectivity index (χ0) is 20.5. The number of rotatable bonds is 4. The molecule has 1 aromatic carbocycles. The first kappa shape index (κ1) is 19.6. The molecule has 0 radical (unpaired) electrons. The van der Waals surface area contributed by atoms with Crippen molar-refractivity contribution in [3.63, 3.8) is 0 Å². The van der Waals surface area contributed by atoms with Crippen molar-refractivity contribution in [3.8, 4) is 5.69 Å². The number of aromatic nitrogens is 3. The van der Waals surface area contributed by atoms with E-state index in [1.807, 2.05) is 35.8 Å². The van der Waals surface area contributed by atoms with Crippen LogP contribution in [0.2, 0.25) is 10.0 Å². The summed E-state index contributed by atoms with van der Waals surface area (Å²) in [5, 5.41) is 0.874. The lowest BCUT2D eigenvalue weighted by atomic mass is 10.0. The molecule has 4 rings (SSSR count). The van der Waals surface area contributed by atoms with Gasteiger partial charge in [-0.3, -0.25) is 19.3 Å². The summed E-state index contributed by atoms with van der Waals surface area (Å²) >= 11 is 12.7. The van der Waals surface area contributed by atoms with Gasteiger partial charge in [0, 0.05) is 30.1 Å². The van der Waals surface area contributed by atoms with Crippen LogP contribution in [0.1, 0.15) is 41.7 Å². The smallest absolute Gasteiger partial charge is 0.305 e. The van der Waals surface area contributed by atoms with Gasteiger partial charge in [-0.15, -0.1) is 0 Å². The van der Waals surface area contributed by atoms with Crippen molar-refractivity contribution in [1.29, 1.82) is 0 Å². The molecule has 8 heteroatoms. The average Bonchev–Trinajstić information content (AvgIpc) is 3.05. The number of aryl methyl sites for hydroxylation is 1. The summed E-state index contributed by atoms with van der Waals surface area (Å²) < 4.78 is 6.82. The maximum absolute atomic E-state index is 11.8. The van der Waals surface area contributed by atoms with Crippen LogP contribution in [0.5, 0.6) is 0 Å². The monoisotopic (exact) mass is 428 g/mol. The molecule has 3 aromatic rings. The maximum Gasteiger partial charge on any atom is 0.305 e. The van der Waals surface area contributed by atoms with Crippen molar-refractivity contribution >= 4 is 34.9 Å². The van der Waals surface area contributed by atoms with E-state index >= 15 is 0 Å². The third-order valence-electron chi connectivity index (χ3n) is 4.84. The molecular formula is C21H18Cl2N4O2. The highest BCUT2D eigenvalue weighted by Gasteiger charge is 2.28. The molecule has 0 fully saturated rings. The Labute approximate surface area is 178 Å². The molecule has 1 atom stereocenters. The highest BCUT2D eigenvalue weighted by Crippen LogP contribution is 2.37. The van der Waals surface area contributed by atoms with Crippen molar-refractivity contribution in [1.82, 2.24) is 14.5 Å². The summed E-state index contributed by atoms with van der Waals surface area (Å²) in [5.41, 5.74) is 3.95. The van der Waals surface area contributed by atoms with Gasteiger partial charge in [-0.25, -0.2) is 4.98 Å². The second kappa shape index (κ2) is 7.97. The van der Waals surface area contributed by atoms with Crippen LogP contribution in [0.4, 0.5) is 0 Å². The molecule has 0 unspecified atom stereocenters. The average molecular weight is 429 g/mol. The molecule has 0 saturated carbocycles. The molecule has 0 aliphatic carbocycles. The second-order valence-electron chi connectivity index (χ2n) is 6.70. The summed E-state index contributed by atoms with van der Waals surface area (Å²) in [7, 11) is 1.38. The van der Waals surface area contributed by atoms with E-state index in [9.17, 15) is 4.79 Å². The molecule has 0 bridgehead atoms. The third-order valence-corrected chi connectivity index (χ3v) is 5.56. The fourth-order valence-corrected chi connectivity index (χ4v) is 3.78. The zero-order valence-electron chi connectivity index (χ0n) is 15.9. The van der Waals surface area contributed by atoms with Crippen molar-refractivity contribution in [2.45, 2.75) is 25.8 Å². The molecule has 0 N–H and O–H groups in total. The molecule has 1 aliphatic heterocycles. The van der Waals surface area contributed by atoms with E-state index in [1.54, 1.807) is 18.5 Å². The second-order valence-corrected chi connectivity index (χ2v) is 7.51. The third kappa shape index (κ3) is 3.66. The number of hydrogen-bond donors (Lipinski definition) is 0. The summed E-state index contributed by atoms with van der Waals surface area (Å²) in [5.74, 6) is 0.444. The molecule has 3 heterocycles. The Morgan fingerprint density at radius 2 is 2.00 bits per heavy atom. The number of hydrogen-bond acceptors (Lipinski definition) is 5. The normalized spacial score (nSPS) is 15.2. The molecular weight excluding hydrogens is 411 g/mol. The van der Waals surface area contributed by atoms with Crippen molar-refractivity contribution in [3.05, 3.63) is 75.5 Å². The highest BCUT2D eigenvalue weighted by molar-refractivity contribution is 6.42. The van der Waals surface area contributed by atoms with E-state index in [0.717, 1.165) is 22.8 Å². The Hall–Kier alpha value is -2.70. The van der Waals surface area contributed by atoms with E-state index in [2.05, 4.69) is 9.97 Å². The molecule has 2 aromatic heterocycles. The minimum Gasteiger partial charge on any atom is -0.469 e. The number of imidazole rings is 1. The fraction of sp³-hybridized carbons (Fsp3) is 0.238. The standard InChI is InChI=1S/C21H18Cl2N4O2/c1-12-11-25-21-17(6-7-19(28)29-2)26-20(16-5-3-4-8-24-16)13-9-14(22)15(23)10-18(13)27(12)21/h3-5,8-11,17H,6-7H2,1-2H3/t17-/m0/s1. The first-order valence-electron chi connectivity index (χ1n) is 9.09. The van der Waals surface area contributed by atoms with Gasteiger partial charge in [0.1, 0.15) is 11.9 Å². The SMILES string of the molecule is COC(=O)CC[C@@H]1N=C(c2ccccn2)c2cc(Cl)c(Cl)cc2-n2c(C)cnc21. The van der Waals surface area contributed by atoms with Crippen molar-refractivity contribution in [2.24, 2.45) is 4.99 Å². The molecule has 6 nitrogen and oxygen atoms in total. The number of ether oxygens (including phenoxy) is 1. The summed E-state index contributed by atoms with van der Waals surface area (Å²) in [4.78, 5) is 25.8. The number of aliphatic imine (C=N–C) groups is 1. The predicted octanol–water partition coefficient (Wildman–Crippen LogP) is 4.73. The van der Waals surface area contributed by atoms with Gasteiger partial charge >= 0.3 is 5.97 Å². The quantitative estimate of drug-likeness (QED) is 0.563. The van der Waals surface area contributed by atoms with E-state index < -0.39 is 0 Å². The van der Waals surface area contributed by atoms with Crippen LogP contribution in [-0.2, 0) is 9.53 Å². The largest absolute Gasteiger partial charge is 0.469 e. The lowest BCUT2D eigenvalue weighted by Crippen LogP contribution is -2.09. The van der Waals surface area contributed by atoms with Gasteiger partial charge in [0.25, 0.3) is 0 Å². The first-order chi connectivity index (χ1) is 14.0. The van der Waals surface area contributed by atoms with Gasteiger partial charge in [0.2, 0.25) is 0 Å². The van der Waals surface area contributed by atoms with Crippen molar-refractivity contribution in [2.75, 3.05) is 7.11 Å². The number of benzene rings is 1. The van der Waals surface area contributed by atoms with Crippen LogP contribution in [0.3, 0.4) is 0 Å². The van der Waals surface area contributed by atoms with Gasteiger partial charge in [-0.2, -0.15) is 0 Å². The van der Waals surface area contributed by atoms with Gasteiger partial charge in [0.05, 0.1) is 34.2 Å². The number of pyridine rings is 1. The fourth-order valence-electron chi connectivity index (χ4n) is 3.46. The summed E-state index contributed by atoms with van der Waals surface area (Å²) in [6.07, 6.45) is 4.18. The summed E-state index contributed by atoms with van der Waals surface area (Å²) in [6, 6.07) is 8.91. The van der Waals surface area contributed by atoms with Gasteiger partial charge in [-0.1, -0.05) is 29.3 Å². The van der Waals surface area contributed by atoms with Gasteiger partial charge in [-0.05, 0) is 37.6 Å². The van der Waals surface area contributed by atoms with E-state index in [-0.39, 0.29) is 18.4 Å². The van der Waals surface area contributed by atoms with Gasteiger partial charge in [0.15, 0.2) is 0 Å². The minimum absolute atomic E-state index is 0.226. The Bertz CT molecular complexity index is 1110. The minimum atomic E-state index is -0.357. The van der Waals surface area contributed by atoms with Crippen LogP contribution in [0, 0.1) is 6.92 Å². The number of esters is 1. The molecule has 0 saturated heterocycles. The van der Waals surface area contributed by atoms with Gasteiger partial charge < -0.3 is 4.74 Å². The maximum atomic E-state index is 11.8. The Kier molecular flexibility index (Phi) is 5.39. The topological polar surface area (TPSA) is 69.4 Å². The Morgan fingerprint density at radius 3 is 2.72 bits per heavy atom. The van der Waals surface area contributed by atoms with E-state index in [1.165, 1.54) is 7.11 Å². The first-order valence-corrected chi connectivity index (χ1v) is 9.85. The van der Waals surface area contributed by atoms with Crippen LogP contribution in [0.25, 0.3) is 5.69 Å². The highest BCUT2D eigenvalue weighted by atomic mass is 35.5. The molecule has 1 aliphatic rings. The van der Waals surface area contributed by atoms with Crippen LogP contribution in [-0.4, -0.2) is 33.3 Å². The molecule has 0 amide bonds. The molecule has 0 spiro atoms. The number of nitrogens with zero attached hydrogens (tertiary/aromatic N) is 4. The molecule has 148 valence electrons. The Balaban J connectivity index is 1.96. The molecule has 29 heavy (non-hydrogen) atoms.